The van der Waals surface area contributed by atoms with Crippen molar-refractivity contribution in [1.82, 2.24) is 9.55 Å². The first-order valence-electron chi connectivity index (χ1n) is 7.48. The molecule has 1 aromatic carbocycles. The lowest BCUT2D eigenvalue weighted by atomic mass is 10.2. The monoisotopic (exact) mass is 275 g/mol. The molecule has 4 nitrogen and oxygen atoms in total. The Morgan fingerprint density at radius 3 is 2.65 bits per heavy atom. The number of fused-ring (bicyclic) bond motifs is 1. The zero-order valence-electron chi connectivity index (χ0n) is 12.9. The zero-order valence-corrected chi connectivity index (χ0v) is 12.9. The second-order valence-corrected chi connectivity index (χ2v) is 5.45. The SMILES string of the molecule is CCCOc1ccc2c(c1)nc(C(N)CC)n2C(C)C. The van der Waals surface area contributed by atoms with E-state index < -0.39 is 0 Å². The van der Waals surface area contributed by atoms with Crippen molar-refractivity contribution >= 4 is 11.0 Å². The smallest absolute Gasteiger partial charge is 0.127 e. The Morgan fingerprint density at radius 1 is 1.30 bits per heavy atom. The van der Waals surface area contributed by atoms with E-state index in [0.717, 1.165) is 42.1 Å². The standard InChI is InChI=1S/C16H25N3O/c1-5-9-20-12-7-8-15-14(10-12)18-16(13(17)6-2)19(15)11(3)4/h7-8,10-11,13H,5-6,9,17H2,1-4H3. The number of aromatic nitrogens is 2. The summed E-state index contributed by atoms with van der Waals surface area (Å²) >= 11 is 0. The number of hydrogen-bond acceptors (Lipinski definition) is 3. The third kappa shape index (κ3) is 2.80. The summed E-state index contributed by atoms with van der Waals surface area (Å²) in [7, 11) is 0. The van der Waals surface area contributed by atoms with Crippen LogP contribution in [-0.2, 0) is 0 Å². The van der Waals surface area contributed by atoms with Gasteiger partial charge >= 0.3 is 0 Å². The van der Waals surface area contributed by atoms with Crippen molar-refractivity contribution in [1.29, 1.82) is 0 Å². The second-order valence-electron chi connectivity index (χ2n) is 5.45. The number of rotatable bonds is 6. The summed E-state index contributed by atoms with van der Waals surface area (Å²) in [6.45, 7) is 9.25. The maximum absolute atomic E-state index is 6.20. The van der Waals surface area contributed by atoms with Crippen molar-refractivity contribution in [3.63, 3.8) is 0 Å². The normalized spacial score (nSPS) is 13.1. The highest BCUT2D eigenvalue weighted by Crippen LogP contribution is 2.28. The predicted molar refractivity (Wildman–Crippen MR) is 83.1 cm³/mol. The fourth-order valence-corrected chi connectivity index (χ4v) is 2.39. The average Bonchev–Trinajstić information content (AvgIpc) is 2.82. The maximum atomic E-state index is 6.20. The largest absolute Gasteiger partial charge is 0.494 e. The van der Waals surface area contributed by atoms with Crippen LogP contribution in [0.1, 0.15) is 58.4 Å². The number of ether oxygens (including phenoxy) is 1. The molecule has 0 saturated carbocycles. The topological polar surface area (TPSA) is 53.1 Å². The van der Waals surface area contributed by atoms with Gasteiger partial charge in [-0.1, -0.05) is 13.8 Å². The molecule has 1 aromatic heterocycles. The molecule has 0 bridgehead atoms. The van der Waals surface area contributed by atoms with E-state index >= 15 is 0 Å². The van der Waals surface area contributed by atoms with Crippen LogP contribution in [0.15, 0.2) is 18.2 Å². The molecule has 20 heavy (non-hydrogen) atoms. The molecular formula is C16H25N3O. The molecule has 1 heterocycles. The molecule has 4 heteroatoms. The van der Waals surface area contributed by atoms with E-state index in [2.05, 4.69) is 38.3 Å². The van der Waals surface area contributed by atoms with Crippen LogP contribution in [0.25, 0.3) is 11.0 Å². The molecule has 110 valence electrons. The Kier molecular flexibility index (Phi) is 4.65. The van der Waals surface area contributed by atoms with E-state index in [-0.39, 0.29) is 6.04 Å². The summed E-state index contributed by atoms with van der Waals surface area (Å²) in [5.74, 6) is 1.84. The van der Waals surface area contributed by atoms with Gasteiger partial charge in [-0.05, 0) is 38.8 Å². The van der Waals surface area contributed by atoms with E-state index in [4.69, 9.17) is 15.5 Å². The van der Waals surface area contributed by atoms with Gasteiger partial charge in [0, 0.05) is 12.1 Å². The molecule has 0 aliphatic carbocycles. The van der Waals surface area contributed by atoms with E-state index in [1.165, 1.54) is 0 Å². The molecule has 0 amide bonds. The number of hydrogen-bond donors (Lipinski definition) is 1. The lowest BCUT2D eigenvalue weighted by molar-refractivity contribution is 0.318. The minimum atomic E-state index is -0.0233. The molecule has 1 atom stereocenters. The maximum Gasteiger partial charge on any atom is 0.127 e. The van der Waals surface area contributed by atoms with Crippen LogP contribution >= 0.6 is 0 Å². The van der Waals surface area contributed by atoms with Gasteiger partial charge in [0.25, 0.3) is 0 Å². The van der Waals surface area contributed by atoms with E-state index in [9.17, 15) is 0 Å². The van der Waals surface area contributed by atoms with Crippen molar-refractivity contribution in [2.45, 2.75) is 52.6 Å². The zero-order chi connectivity index (χ0) is 14.7. The van der Waals surface area contributed by atoms with Crippen LogP contribution in [0.2, 0.25) is 0 Å². The molecule has 0 spiro atoms. The molecule has 0 radical (unpaired) electrons. The van der Waals surface area contributed by atoms with Crippen molar-refractivity contribution in [2.75, 3.05) is 6.61 Å². The first-order valence-corrected chi connectivity index (χ1v) is 7.48. The van der Waals surface area contributed by atoms with E-state index in [1.807, 2.05) is 12.1 Å². The van der Waals surface area contributed by atoms with Gasteiger partial charge in [-0.25, -0.2) is 4.98 Å². The molecule has 0 fully saturated rings. The quantitative estimate of drug-likeness (QED) is 0.872. The molecular weight excluding hydrogens is 250 g/mol. The first-order chi connectivity index (χ1) is 9.58. The Bertz CT molecular complexity index is 574. The predicted octanol–water partition coefficient (Wildman–Crippen LogP) is 3.82. The van der Waals surface area contributed by atoms with E-state index in [1.54, 1.807) is 0 Å². The van der Waals surface area contributed by atoms with Crippen molar-refractivity contribution < 1.29 is 4.74 Å². The van der Waals surface area contributed by atoms with Crippen molar-refractivity contribution in [3.05, 3.63) is 24.0 Å². The first kappa shape index (κ1) is 14.9. The molecule has 2 aromatic rings. The lowest BCUT2D eigenvalue weighted by Crippen LogP contribution is -2.17. The Hall–Kier alpha value is -1.55. The molecule has 0 aliphatic heterocycles. The van der Waals surface area contributed by atoms with Crippen LogP contribution in [0.4, 0.5) is 0 Å². The lowest BCUT2D eigenvalue weighted by Gasteiger charge is -2.16. The van der Waals surface area contributed by atoms with Gasteiger partial charge in [0.2, 0.25) is 0 Å². The summed E-state index contributed by atoms with van der Waals surface area (Å²) in [6.07, 6.45) is 1.89. The molecule has 0 saturated heterocycles. The van der Waals surface area contributed by atoms with Crippen LogP contribution in [0.3, 0.4) is 0 Å². The highest BCUT2D eigenvalue weighted by atomic mass is 16.5. The summed E-state index contributed by atoms with van der Waals surface area (Å²) in [4.78, 5) is 4.73. The van der Waals surface area contributed by atoms with Gasteiger partial charge in [0.1, 0.15) is 11.6 Å². The Balaban J connectivity index is 2.49. The van der Waals surface area contributed by atoms with Gasteiger partial charge in [-0.3, -0.25) is 0 Å². The number of imidazole rings is 1. The van der Waals surface area contributed by atoms with Gasteiger partial charge in [-0.15, -0.1) is 0 Å². The fraction of sp³-hybridized carbons (Fsp3) is 0.562. The fourth-order valence-electron chi connectivity index (χ4n) is 2.39. The molecule has 2 rings (SSSR count). The second kappa shape index (κ2) is 6.27. The number of nitrogens with zero attached hydrogens (tertiary/aromatic N) is 2. The highest BCUT2D eigenvalue weighted by Gasteiger charge is 2.18. The minimum Gasteiger partial charge on any atom is -0.494 e. The minimum absolute atomic E-state index is 0.0233. The Morgan fingerprint density at radius 2 is 2.05 bits per heavy atom. The summed E-state index contributed by atoms with van der Waals surface area (Å²) < 4.78 is 7.91. The average molecular weight is 275 g/mol. The van der Waals surface area contributed by atoms with Crippen LogP contribution in [0.5, 0.6) is 5.75 Å². The summed E-state index contributed by atoms with van der Waals surface area (Å²) in [6, 6.07) is 6.43. The van der Waals surface area contributed by atoms with Crippen LogP contribution in [-0.4, -0.2) is 16.2 Å². The molecule has 0 aliphatic rings. The third-order valence-corrected chi connectivity index (χ3v) is 3.45. The number of benzene rings is 1. The molecule has 2 N–H and O–H groups in total. The highest BCUT2D eigenvalue weighted by molar-refractivity contribution is 5.78. The third-order valence-electron chi connectivity index (χ3n) is 3.45. The van der Waals surface area contributed by atoms with Gasteiger partial charge < -0.3 is 15.0 Å². The molecule has 1 unspecified atom stereocenters. The van der Waals surface area contributed by atoms with Gasteiger partial charge in [0.15, 0.2) is 0 Å². The van der Waals surface area contributed by atoms with Crippen LogP contribution < -0.4 is 10.5 Å². The van der Waals surface area contributed by atoms with Crippen molar-refractivity contribution in [3.8, 4) is 5.75 Å². The summed E-state index contributed by atoms with van der Waals surface area (Å²) in [5, 5.41) is 0. The van der Waals surface area contributed by atoms with Crippen LogP contribution in [0, 0.1) is 0 Å². The Labute approximate surface area is 120 Å². The van der Waals surface area contributed by atoms with Gasteiger partial charge in [-0.2, -0.15) is 0 Å². The van der Waals surface area contributed by atoms with E-state index in [0.29, 0.717) is 6.04 Å². The summed E-state index contributed by atoms with van der Waals surface area (Å²) in [5.41, 5.74) is 8.29. The van der Waals surface area contributed by atoms with Crippen molar-refractivity contribution in [2.24, 2.45) is 5.73 Å². The van der Waals surface area contributed by atoms with Gasteiger partial charge in [0.05, 0.1) is 23.7 Å². The number of nitrogens with two attached hydrogens (primary N) is 1.